The number of nitrogens with zero attached hydrogens (tertiary/aromatic N) is 1. The average Bonchev–Trinajstić information content (AvgIpc) is 2.87. The molecule has 1 rings (SSSR count). The van der Waals surface area contributed by atoms with Crippen molar-refractivity contribution in [1.29, 1.82) is 0 Å². The number of hydrogen-bond donors (Lipinski definition) is 1. The van der Waals surface area contributed by atoms with Gasteiger partial charge in [-0.05, 0) is 31.7 Å². The Balaban J connectivity index is 2.20. The maximum atomic E-state index is 10.6. The predicted molar refractivity (Wildman–Crippen MR) is 54.9 cm³/mol. The third-order valence-electron chi connectivity index (χ3n) is 2.37. The molecular formula is C11H17NO2. The summed E-state index contributed by atoms with van der Waals surface area (Å²) >= 11 is 0. The van der Waals surface area contributed by atoms with Gasteiger partial charge in [-0.25, -0.2) is 0 Å². The van der Waals surface area contributed by atoms with Crippen molar-refractivity contribution >= 4 is 5.97 Å². The summed E-state index contributed by atoms with van der Waals surface area (Å²) in [6, 6.07) is 0. The van der Waals surface area contributed by atoms with Crippen molar-refractivity contribution in [2.45, 2.75) is 25.7 Å². The fourth-order valence-corrected chi connectivity index (χ4v) is 1.50. The molecule has 0 spiro atoms. The zero-order valence-electron chi connectivity index (χ0n) is 8.41. The average molecular weight is 195 g/mol. The third kappa shape index (κ3) is 4.88. The summed E-state index contributed by atoms with van der Waals surface area (Å²) in [5.74, 6) is 2.56. The molecule has 0 bridgehead atoms. The molecule has 3 nitrogen and oxygen atoms in total. The van der Waals surface area contributed by atoms with E-state index in [4.69, 9.17) is 11.5 Å². The van der Waals surface area contributed by atoms with E-state index in [-0.39, 0.29) is 6.54 Å². The first-order chi connectivity index (χ1) is 6.72. The lowest BCUT2D eigenvalue weighted by Gasteiger charge is -2.19. The quantitative estimate of drug-likeness (QED) is 0.490. The lowest BCUT2D eigenvalue weighted by atomic mass is 10.2. The van der Waals surface area contributed by atoms with Gasteiger partial charge in [-0.1, -0.05) is 0 Å². The number of carbonyl (C=O) groups is 1. The Labute approximate surface area is 85.1 Å². The fraction of sp³-hybridized carbons (Fsp3) is 0.727. The smallest absolute Gasteiger partial charge is 0.317 e. The third-order valence-corrected chi connectivity index (χ3v) is 2.37. The molecule has 0 aromatic rings. The summed E-state index contributed by atoms with van der Waals surface area (Å²) in [5, 5.41) is 8.69. The number of terminal acetylenes is 1. The first-order valence-corrected chi connectivity index (χ1v) is 5.10. The molecule has 0 aromatic heterocycles. The zero-order valence-corrected chi connectivity index (χ0v) is 8.41. The Morgan fingerprint density at radius 2 is 2.29 bits per heavy atom. The molecule has 0 unspecified atom stereocenters. The van der Waals surface area contributed by atoms with Crippen LogP contribution in [-0.4, -0.2) is 35.6 Å². The highest BCUT2D eigenvalue weighted by molar-refractivity contribution is 5.69. The van der Waals surface area contributed by atoms with Crippen LogP contribution in [0, 0.1) is 18.3 Å². The molecule has 1 aliphatic rings. The topological polar surface area (TPSA) is 40.5 Å². The van der Waals surface area contributed by atoms with Gasteiger partial charge in [0.25, 0.3) is 0 Å². The molecule has 1 N–H and O–H groups in total. The van der Waals surface area contributed by atoms with Crippen LogP contribution in [0.25, 0.3) is 0 Å². The number of carboxylic acids is 1. The van der Waals surface area contributed by atoms with Crippen LogP contribution < -0.4 is 0 Å². The fourth-order valence-electron chi connectivity index (χ4n) is 1.50. The van der Waals surface area contributed by atoms with Gasteiger partial charge in [-0.2, -0.15) is 0 Å². The maximum Gasteiger partial charge on any atom is 0.317 e. The van der Waals surface area contributed by atoms with E-state index < -0.39 is 5.97 Å². The lowest BCUT2D eigenvalue weighted by Crippen LogP contribution is -2.32. The van der Waals surface area contributed by atoms with E-state index in [9.17, 15) is 4.79 Å². The van der Waals surface area contributed by atoms with Gasteiger partial charge in [-0.3, -0.25) is 9.69 Å². The largest absolute Gasteiger partial charge is 0.480 e. The summed E-state index contributed by atoms with van der Waals surface area (Å²) < 4.78 is 0. The van der Waals surface area contributed by atoms with Gasteiger partial charge in [0, 0.05) is 13.0 Å². The van der Waals surface area contributed by atoms with Crippen LogP contribution in [0.5, 0.6) is 0 Å². The first-order valence-electron chi connectivity index (χ1n) is 5.10. The molecule has 1 aliphatic carbocycles. The van der Waals surface area contributed by atoms with E-state index in [2.05, 4.69) is 5.92 Å². The van der Waals surface area contributed by atoms with Gasteiger partial charge < -0.3 is 5.11 Å². The highest BCUT2D eigenvalue weighted by Crippen LogP contribution is 2.29. The van der Waals surface area contributed by atoms with Crippen molar-refractivity contribution in [3.05, 3.63) is 0 Å². The second-order valence-electron chi connectivity index (χ2n) is 3.88. The van der Waals surface area contributed by atoms with Crippen LogP contribution in [-0.2, 0) is 4.79 Å². The van der Waals surface area contributed by atoms with Crippen LogP contribution in [0.2, 0.25) is 0 Å². The van der Waals surface area contributed by atoms with E-state index in [0.29, 0.717) is 0 Å². The number of unbranched alkanes of at least 4 members (excludes halogenated alkanes) is 1. The molecule has 1 saturated carbocycles. The molecule has 78 valence electrons. The standard InChI is InChI=1S/C11H17NO2/c1-2-3-4-7-12(9-11(13)14)8-10-5-6-10/h1,10H,3-9H2,(H,13,14). The predicted octanol–water partition coefficient (Wildman–Crippen LogP) is 1.20. The van der Waals surface area contributed by atoms with Crippen LogP contribution in [0.15, 0.2) is 0 Å². The molecule has 14 heavy (non-hydrogen) atoms. The number of aliphatic carboxylic acids is 1. The van der Waals surface area contributed by atoms with Gasteiger partial charge >= 0.3 is 5.97 Å². The highest BCUT2D eigenvalue weighted by Gasteiger charge is 2.24. The number of hydrogen-bond acceptors (Lipinski definition) is 2. The summed E-state index contributed by atoms with van der Waals surface area (Å²) in [5.41, 5.74) is 0. The van der Waals surface area contributed by atoms with Crippen LogP contribution in [0.3, 0.4) is 0 Å². The summed E-state index contributed by atoms with van der Waals surface area (Å²) in [4.78, 5) is 12.6. The van der Waals surface area contributed by atoms with Crippen molar-refractivity contribution in [2.24, 2.45) is 5.92 Å². The van der Waals surface area contributed by atoms with E-state index in [1.807, 2.05) is 4.90 Å². The Hall–Kier alpha value is -1.01. The van der Waals surface area contributed by atoms with Crippen molar-refractivity contribution < 1.29 is 9.90 Å². The molecule has 1 fully saturated rings. The minimum absolute atomic E-state index is 0.154. The van der Waals surface area contributed by atoms with Crippen LogP contribution in [0.1, 0.15) is 25.7 Å². The molecule has 0 aromatic carbocycles. The normalized spacial score (nSPS) is 15.4. The van der Waals surface area contributed by atoms with Crippen molar-refractivity contribution in [3.8, 4) is 12.3 Å². The Morgan fingerprint density at radius 3 is 2.79 bits per heavy atom. The van der Waals surface area contributed by atoms with Crippen molar-refractivity contribution in [1.82, 2.24) is 4.90 Å². The molecule has 0 saturated heterocycles. The number of carboxylic acid groups (broad SMARTS) is 1. The second kappa shape index (κ2) is 5.66. The number of rotatable bonds is 7. The Bertz CT molecular complexity index is 228. The van der Waals surface area contributed by atoms with Gasteiger partial charge in [0.2, 0.25) is 0 Å². The Kier molecular flexibility index (Phi) is 4.48. The lowest BCUT2D eigenvalue weighted by molar-refractivity contribution is -0.138. The molecule has 3 heteroatoms. The maximum absolute atomic E-state index is 10.6. The summed E-state index contributed by atoms with van der Waals surface area (Å²) in [7, 11) is 0. The van der Waals surface area contributed by atoms with Gasteiger partial charge in [-0.15, -0.1) is 12.3 Å². The van der Waals surface area contributed by atoms with Crippen LogP contribution >= 0.6 is 0 Å². The minimum Gasteiger partial charge on any atom is -0.480 e. The SMILES string of the molecule is C#CCCCN(CC(=O)O)CC1CC1. The van der Waals surface area contributed by atoms with Crippen molar-refractivity contribution in [2.75, 3.05) is 19.6 Å². The molecule has 0 heterocycles. The Morgan fingerprint density at radius 1 is 1.57 bits per heavy atom. The second-order valence-corrected chi connectivity index (χ2v) is 3.88. The van der Waals surface area contributed by atoms with Crippen LogP contribution in [0.4, 0.5) is 0 Å². The molecule has 0 atom stereocenters. The molecular weight excluding hydrogens is 178 g/mol. The summed E-state index contributed by atoms with van der Waals surface area (Å²) in [6.07, 6.45) is 9.29. The molecule has 0 amide bonds. The summed E-state index contributed by atoms with van der Waals surface area (Å²) in [6.45, 7) is 1.89. The molecule has 0 aliphatic heterocycles. The monoisotopic (exact) mass is 195 g/mol. The first kappa shape index (κ1) is 11.1. The van der Waals surface area contributed by atoms with Gasteiger partial charge in [0.05, 0.1) is 6.54 Å². The van der Waals surface area contributed by atoms with Gasteiger partial charge in [0.15, 0.2) is 0 Å². The van der Waals surface area contributed by atoms with E-state index in [1.165, 1.54) is 12.8 Å². The minimum atomic E-state index is -0.744. The zero-order chi connectivity index (χ0) is 10.4. The molecule has 0 radical (unpaired) electrons. The van der Waals surface area contributed by atoms with Gasteiger partial charge in [0.1, 0.15) is 0 Å². The van der Waals surface area contributed by atoms with Crippen molar-refractivity contribution in [3.63, 3.8) is 0 Å². The van der Waals surface area contributed by atoms with E-state index in [1.54, 1.807) is 0 Å². The highest BCUT2D eigenvalue weighted by atomic mass is 16.4. The van der Waals surface area contributed by atoms with E-state index >= 15 is 0 Å². The van der Waals surface area contributed by atoms with E-state index in [0.717, 1.165) is 31.8 Å².